The van der Waals surface area contributed by atoms with Crippen LogP contribution in [0.1, 0.15) is 43.4 Å². The van der Waals surface area contributed by atoms with Crippen LogP contribution in [0.5, 0.6) is 5.75 Å². The lowest BCUT2D eigenvalue weighted by Crippen LogP contribution is -2.44. The van der Waals surface area contributed by atoms with E-state index in [2.05, 4.69) is 5.32 Å². The second kappa shape index (κ2) is 10.8. The molecule has 3 rings (SSSR count). The van der Waals surface area contributed by atoms with E-state index in [4.69, 9.17) is 4.74 Å². The van der Waals surface area contributed by atoms with E-state index in [1.807, 2.05) is 61.5 Å². The van der Waals surface area contributed by atoms with Crippen LogP contribution in [-0.4, -0.2) is 44.6 Å². The zero-order valence-electron chi connectivity index (χ0n) is 18.3. The van der Waals surface area contributed by atoms with Crippen molar-refractivity contribution >= 4 is 15.9 Å². The summed E-state index contributed by atoms with van der Waals surface area (Å²) in [5.74, 6) is 0.758. The fourth-order valence-electron chi connectivity index (χ4n) is 3.94. The number of benzene rings is 2. The Morgan fingerprint density at radius 1 is 1.10 bits per heavy atom. The molecule has 1 unspecified atom stereocenters. The van der Waals surface area contributed by atoms with Gasteiger partial charge in [-0.05, 0) is 55.9 Å². The maximum absolute atomic E-state index is 12.7. The van der Waals surface area contributed by atoms with Gasteiger partial charge < -0.3 is 10.1 Å². The van der Waals surface area contributed by atoms with Crippen molar-refractivity contribution in [2.45, 2.75) is 38.6 Å². The lowest BCUT2D eigenvalue weighted by molar-refractivity contribution is -0.126. The number of hydrogen-bond donors (Lipinski definition) is 1. The number of carbonyl (C=O) groups is 1. The summed E-state index contributed by atoms with van der Waals surface area (Å²) in [6.07, 6.45) is 2.46. The van der Waals surface area contributed by atoms with Crippen molar-refractivity contribution in [1.82, 2.24) is 9.62 Å². The van der Waals surface area contributed by atoms with Crippen molar-refractivity contribution in [2.24, 2.45) is 5.92 Å². The molecule has 1 saturated heterocycles. The largest absolute Gasteiger partial charge is 0.497 e. The van der Waals surface area contributed by atoms with Crippen LogP contribution in [0.3, 0.4) is 0 Å². The van der Waals surface area contributed by atoms with Crippen molar-refractivity contribution in [3.05, 3.63) is 65.7 Å². The number of methoxy groups -OCH3 is 1. The molecule has 0 aromatic heterocycles. The lowest BCUT2D eigenvalue weighted by Gasteiger charge is -2.31. The highest BCUT2D eigenvalue weighted by Gasteiger charge is 2.31. The number of sulfonamides is 1. The number of piperidine rings is 1. The fourth-order valence-corrected chi connectivity index (χ4v) is 5.47. The van der Waals surface area contributed by atoms with E-state index in [0.29, 0.717) is 32.4 Å². The summed E-state index contributed by atoms with van der Waals surface area (Å²) in [7, 11) is -1.66. The van der Waals surface area contributed by atoms with Crippen LogP contribution in [0.4, 0.5) is 0 Å². The van der Waals surface area contributed by atoms with Crippen molar-refractivity contribution < 1.29 is 17.9 Å². The van der Waals surface area contributed by atoms with Crippen LogP contribution in [-0.2, 0) is 21.2 Å². The van der Waals surface area contributed by atoms with Gasteiger partial charge in [0, 0.05) is 19.0 Å². The Kier molecular flexibility index (Phi) is 8.09. The van der Waals surface area contributed by atoms with E-state index in [1.54, 1.807) is 11.4 Å². The Labute approximate surface area is 185 Å². The van der Waals surface area contributed by atoms with Crippen molar-refractivity contribution in [3.63, 3.8) is 0 Å². The van der Waals surface area contributed by atoms with Crippen molar-refractivity contribution in [2.75, 3.05) is 26.0 Å². The van der Waals surface area contributed by atoms with E-state index in [1.165, 1.54) is 0 Å². The summed E-state index contributed by atoms with van der Waals surface area (Å²) in [6, 6.07) is 17.4. The van der Waals surface area contributed by atoms with Crippen LogP contribution in [0, 0.1) is 5.92 Å². The second-order valence-corrected chi connectivity index (χ2v) is 10.2. The molecule has 1 aliphatic heterocycles. The van der Waals surface area contributed by atoms with Crippen LogP contribution in [0.15, 0.2) is 54.6 Å². The molecule has 1 N–H and O–H groups in total. The molecule has 0 aliphatic carbocycles. The van der Waals surface area contributed by atoms with Gasteiger partial charge in [0.25, 0.3) is 0 Å². The monoisotopic (exact) mass is 444 g/mol. The number of hydrogen-bond acceptors (Lipinski definition) is 4. The normalized spacial score (nSPS) is 16.6. The summed E-state index contributed by atoms with van der Waals surface area (Å²) >= 11 is 0. The minimum atomic E-state index is -3.29. The summed E-state index contributed by atoms with van der Waals surface area (Å²) in [4.78, 5) is 12.7. The molecule has 2 aromatic rings. The Hall–Kier alpha value is -2.38. The zero-order valence-corrected chi connectivity index (χ0v) is 19.1. The molecule has 1 amide bonds. The number of nitrogens with one attached hydrogen (secondary N) is 1. The Bertz CT molecular complexity index is 937. The van der Waals surface area contributed by atoms with Gasteiger partial charge >= 0.3 is 0 Å². The highest BCUT2D eigenvalue weighted by atomic mass is 32.2. The molecule has 168 valence electrons. The molecule has 1 aliphatic rings. The second-order valence-electron chi connectivity index (χ2n) is 8.08. The van der Waals surface area contributed by atoms with E-state index in [0.717, 1.165) is 23.3 Å². The molecule has 0 spiro atoms. The first-order valence-corrected chi connectivity index (χ1v) is 12.5. The number of ether oxygens (including phenoxy) is 1. The number of nitrogens with zero attached hydrogens (tertiary/aromatic N) is 1. The van der Waals surface area contributed by atoms with Gasteiger partial charge in [-0.1, -0.05) is 42.5 Å². The number of amides is 1. The van der Waals surface area contributed by atoms with Crippen molar-refractivity contribution in [1.29, 1.82) is 0 Å². The summed E-state index contributed by atoms with van der Waals surface area (Å²) in [6.45, 7) is 2.76. The minimum absolute atomic E-state index is 0.00977. The highest BCUT2D eigenvalue weighted by Crippen LogP contribution is 2.23. The van der Waals surface area contributed by atoms with E-state index in [-0.39, 0.29) is 23.6 Å². The van der Waals surface area contributed by atoms with Crippen molar-refractivity contribution in [3.8, 4) is 5.75 Å². The van der Waals surface area contributed by atoms with Crippen LogP contribution in [0.2, 0.25) is 0 Å². The standard InChI is InChI=1S/C24H32N2O4S/c1-19(21-10-12-23(30-2)13-11-21)25-24(27)22-14-16-26(17-15-22)31(28,29)18-6-9-20-7-4-3-5-8-20/h3-5,7-8,10-13,19,22H,6,9,14-18H2,1-2H3,(H,25,27). The van der Waals surface area contributed by atoms with Gasteiger partial charge in [-0.25, -0.2) is 12.7 Å². The Morgan fingerprint density at radius 3 is 2.35 bits per heavy atom. The highest BCUT2D eigenvalue weighted by molar-refractivity contribution is 7.89. The minimum Gasteiger partial charge on any atom is -0.497 e. The third-order valence-corrected chi connectivity index (χ3v) is 7.86. The van der Waals surface area contributed by atoms with Gasteiger partial charge in [0.2, 0.25) is 15.9 Å². The topological polar surface area (TPSA) is 75.7 Å². The Balaban J connectivity index is 1.44. The molecular formula is C24H32N2O4S. The van der Waals surface area contributed by atoms with E-state index in [9.17, 15) is 13.2 Å². The molecular weight excluding hydrogens is 412 g/mol. The van der Waals surface area contributed by atoms with Gasteiger partial charge in [-0.15, -0.1) is 0 Å². The van der Waals surface area contributed by atoms with E-state index >= 15 is 0 Å². The third-order valence-electron chi connectivity index (χ3n) is 5.90. The molecule has 0 radical (unpaired) electrons. The number of rotatable bonds is 9. The number of carbonyl (C=O) groups excluding carboxylic acids is 1. The molecule has 1 atom stereocenters. The molecule has 7 heteroatoms. The molecule has 0 bridgehead atoms. The SMILES string of the molecule is COc1ccc(C(C)NC(=O)C2CCN(S(=O)(=O)CCCc3ccccc3)CC2)cc1. The van der Waals surface area contributed by atoms with Gasteiger partial charge in [-0.2, -0.15) is 0 Å². The molecule has 31 heavy (non-hydrogen) atoms. The maximum atomic E-state index is 12.7. The molecule has 1 fully saturated rings. The number of aryl methyl sites for hydroxylation is 1. The predicted octanol–water partition coefficient (Wildman–Crippen LogP) is 3.55. The predicted molar refractivity (Wildman–Crippen MR) is 122 cm³/mol. The van der Waals surface area contributed by atoms with Gasteiger partial charge in [-0.3, -0.25) is 4.79 Å². The smallest absolute Gasteiger partial charge is 0.223 e. The molecule has 2 aromatic carbocycles. The summed E-state index contributed by atoms with van der Waals surface area (Å²) in [5, 5.41) is 3.06. The first kappa shape index (κ1) is 23.3. The molecule has 6 nitrogen and oxygen atoms in total. The zero-order chi connectivity index (χ0) is 22.3. The first-order valence-electron chi connectivity index (χ1n) is 10.8. The van der Waals surface area contributed by atoms with E-state index < -0.39 is 10.0 Å². The first-order chi connectivity index (χ1) is 14.9. The molecule has 1 heterocycles. The maximum Gasteiger partial charge on any atom is 0.223 e. The van der Waals surface area contributed by atoms with Crippen LogP contribution in [0.25, 0.3) is 0 Å². The average molecular weight is 445 g/mol. The van der Waals surface area contributed by atoms with Crippen LogP contribution < -0.4 is 10.1 Å². The lowest BCUT2D eigenvalue weighted by atomic mass is 9.96. The molecule has 0 saturated carbocycles. The fraction of sp³-hybridized carbons (Fsp3) is 0.458. The average Bonchev–Trinajstić information content (AvgIpc) is 2.79. The van der Waals surface area contributed by atoms with Gasteiger partial charge in [0.1, 0.15) is 5.75 Å². The third kappa shape index (κ3) is 6.55. The summed E-state index contributed by atoms with van der Waals surface area (Å²) < 4.78 is 32.1. The quantitative estimate of drug-likeness (QED) is 0.642. The summed E-state index contributed by atoms with van der Waals surface area (Å²) in [5.41, 5.74) is 2.16. The Morgan fingerprint density at radius 2 is 1.74 bits per heavy atom. The van der Waals surface area contributed by atoms with Gasteiger partial charge in [0.05, 0.1) is 18.9 Å². The van der Waals surface area contributed by atoms with Gasteiger partial charge in [0.15, 0.2) is 0 Å². The van der Waals surface area contributed by atoms with Crippen LogP contribution >= 0.6 is 0 Å².